The molecule has 0 aromatic rings. The Morgan fingerprint density at radius 3 is 2.50 bits per heavy atom. The third kappa shape index (κ3) is 3.14. The van der Waals surface area contributed by atoms with Gasteiger partial charge in [-0.2, -0.15) is 0 Å². The summed E-state index contributed by atoms with van der Waals surface area (Å²) < 4.78 is 4.51. The number of hydrogen-bond donors (Lipinski definition) is 0. The molecule has 4 nitrogen and oxygen atoms in total. The number of hydroxylamine groups is 1. The molecule has 0 heterocycles. The molecule has 0 aliphatic rings. The van der Waals surface area contributed by atoms with Crippen molar-refractivity contribution >= 4 is 12.2 Å². The van der Waals surface area contributed by atoms with E-state index in [1.54, 1.807) is 0 Å². The Labute approximate surface area is 47.0 Å². The first-order valence-corrected chi connectivity index (χ1v) is 1.99. The number of nitrogens with zero attached hydrogens (tertiary/aromatic N) is 1. The number of rotatable bonds is 1. The van der Waals surface area contributed by atoms with Gasteiger partial charge in [-0.15, -0.1) is 0 Å². The van der Waals surface area contributed by atoms with E-state index < -0.39 is 5.97 Å². The predicted octanol–water partition coefficient (Wildman–Crippen LogP) is -0.630. The molecule has 0 atom stereocenters. The van der Waals surface area contributed by atoms with Crippen molar-refractivity contribution in [2.24, 2.45) is 0 Å². The van der Waals surface area contributed by atoms with Crippen molar-refractivity contribution in [3.8, 4) is 0 Å². The summed E-state index contributed by atoms with van der Waals surface area (Å²) in [5.74, 6) is -0.637. The van der Waals surface area contributed by atoms with Crippen molar-refractivity contribution in [2.75, 3.05) is 14.2 Å². The number of ether oxygens (including phenoxy) is 1. The second-order valence-electron chi connectivity index (χ2n) is 1.20. The lowest BCUT2D eigenvalue weighted by atomic mass is 10.7. The Morgan fingerprint density at radius 1 is 1.88 bits per heavy atom. The molecule has 0 saturated heterocycles. The first-order chi connectivity index (χ1) is 3.66. The van der Waals surface area contributed by atoms with Crippen molar-refractivity contribution in [1.29, 1.82) is 0 Å². The van der Waals surface area contributed by atoms with Crippen LogP contribution in [0.2, 0.25) is 0 Å². The fourth-order valence-electron chi connectivity index (χ4n) is 0.201. The number of esters is 1. The summed E-state index contributed by atoms with van der Waals surface area (Å²) in [4.78, 5) is 10.1. The van der Waals surface area contributed by atoms with Crippen LogP contribution in [0.25, 0.3) is 0 Å². The van der Waals surface area contributed by atoms with Crippen molar-refractivity contribution in [1.82, 2.24) is 0 Å². The normalized spacial score (nSPS) is 11.0. The molecule has 0 amide bonds. The molecule has 4 heteroatoms. The van der Waals surface area contributed by atoms with Crippen molar-refractivity contribution in [3.63, 3.8) is 0 Å². The summed E-state index contributed by atoms with van der Waals surface area (Å²) in [5.41, 5.74) is 0. The molecule has 0 N–H and O–H groups in total. The highest BCUT2D eigenvalue weighted by molar-refractivity contribution is 6.20. The van der Waals surface area contributed by atoms with Crippen molar-refractivity contribution < 1.29 is 14.3 Å². The van der Waals surface area contributed by atoms with Crippen LogP contribution in [0.5, 0.6) is 0 Å². The van der Waals surface area contributed by atoms with Gasteiger partial charge in [0.1, 0.15) is 7.05 Å². The molecule has 0 spiro atoms. The van der Waals surface area contributed by atoms with Crippen LogP contribution in [0.1, 0.15) is 0 Å². The van der Waals surface area contributed by atoms with E-state index in [0.717, 1.165) is 6.21 Å². The minimum Gasteiger partial charge on any atom is -0.624 e. The number of methoxy groups -OCH3 is 1. The van der Waals surface area contributed by atoms with Gasteiger partial charge in [0.05, 0.1) is 7.11 Å². The number of hydrogen-bond acceptors (Lipinski definition) is 3. The highest BCUT2D eigenvalue weighted by Gasteiger charge is 1.95. The summed E-state index contributed by atoms with van der Waals surface area (Å²) >= 11 is 0. The molecule has 0 aromatic heterocycles. The molecule has 0 aromatic carbocycles. The van der Waals surface area contributed by atoms with E-state index in [9.17, 15) is 10.0 Å². The summed E-state index contributed by atoms with van der Waals surface area (Å²) in [5, 5.41) is 9.97. The Morgan fingerprint density at radius 2 is 2.38 bits per heavy atom. The molecule has 0 fully saturated rings. The smallest absolute Gasteiger partial charge is 0.396 e. The fourth-order valence-corrected chi connectivity index (χ4v) is 0.201. The number of carbonyl (C=O) groups is 1. The van der Waals surface area contributed by atoms with E-state index in [0.29, 0.717) is 4.74 Å². The minimum absolute atomic E-state index is 0.381. The maximum atomic E-state index is 10.1. The fraction of sp³-hybridized carbons (Fsp3) is 0.500. The van der Waals surface area contributed by atoms with E-state index in [1.165, 1.54) is 14.2 Å². The van der Waals surface area contributed by atoms with Crippen LogP contribution in [-0.2, 0) is 9.53 Å². The third-order valence-electron chi connectivity index (χ3n) is 0.488. The molecule has 0 radical (unpaired) electrons. The van der Waals surface area contributed by atoms with Crippen molar-refractivity contribution in [2.45, 2.75) is 0 Å². The largest absolute Gasteiger partial charge is 0.624 e. The maximum Gasteiger partial charge on any atom is 0.396 e. The van der Waals surface area contributed by atoms with Gasteiger partial charge in [-0.1, -0.05) is 0 Å². The van der Waals surface area contributed by atoms with Crippen LogP contribution in [0.4, 0.5) is 0 Å². The third-order valence-corrected chi connectivity index (χ3v) is 0.488. The first kappa shape index (κ1) is 6.94. The van der Waals surface area contributed by atoms with Gasteiger partial charge in [0.25, 0.3) is 6.21 Å². The first-order valence-electron chi connectivity index (χ1n) is 1.99. The zero-order valence-electron chi connectivity index (χ0n) is 4.75. The second kappa shape index (κ2) is 3.01. The quantitative estimate of drug-likeness (QED) is 0.151. The monoisotopic (exact) mass is 117 g/mol. The maximum absolute atomic E-state index is 10.1. The van der Waals surface area contributed by atoms with Crippen molar-refractivity contribution in [3.05, 3.63) is 5.21 Å². The predicted molar refractivity (Wildman–Crippen MR) is 27.6 cm³/mol. The highest BCUT2D eigenvalue weighted by Crippen LogP contribution is 1.64. The molecular weight excluding hydrogens is 110 g/mol. The van der Waals surface area contributed by atoms with Gasteiger partial charge in [0, 0.05) is 0 Å². The second-order valence-corrected chi connectivity index (χ2v) is 1.20. The van der Waals surface area contributed by atoms with E-state index in [2.05, 4.69) is 4.74 Å². The Balaban J connectivity index is 3.70. The van der Waals surface area contributed by atoms with E-state index in [-0.39, 0.29) is 0 Å². The standard InChI is InChI=1S/C4H7NO3/c1-5(7)3-4(6)8-2/h3H,1-2H3/b5-3-. The average Bonchev–Trinajstić information content (AvgIpc) is 1.65. The summed E-state index contributed by atoms with van der Waals surface area (Å²) in [7, 11) is 2.42. The lowest BCUT2D eigenvalue weighted by Gasteiger charge is -1.91. The van der Waals surface area contributed by atoms with Gasteiger partial charge in [-0.3, -0.25) is 0 Å². The van der Waals surface area contributed by atoms with Crippen LogP contribution in [0, 0.1) is 5.21 Å². The molecule has 46 valence electrons. The van der Waals surface area contributed by atoms with Gasteiger partial charge in [-0.05, 0) is 0 Å². The topological polar surface area (TPSA) is 52.4 Å². The molecule has 8 heavy (non-hydrogen) atoms. The zero-order chi connectivity index (χ0) is 6.57. The molecular formula is C4H7NO3. The van der Waals surface area contributed by atoms with E-state index in [1.807, 2.05) is 0 Å². The SMILES string of the molecule is COC(=O)/C=[N+](/C)[O-]. The van der Waals surface area contributed by atoms with Gasteiger partial charge < -0.3 is 9.94 Å². The minimum atomic E-state index is -0.637. The molecule has 0 unspecified atom stereocenters. The van der Waals surface area contributed by atoms with Crippen LogP contribution in [-0.4, -0.2) is 31.1 Å². The summed E-state index contributed by atoms with van der Waals surface area (Å²) in [6, 6.07) is 0. The lowest BCUT2D eigenvalue weighted by Crippen LogP contribution is -2.09. The van der Waals surface area contributed by atoms with E-state index in [4.69, 9.17) is 0 Å². The zero-order valence-corrected chi connectivity index (χ0v) is 4.75. The van der Waals surface area contributed by atoms with Crippen LogP contribution in [0.15, 0.2) is 0 Å². The van der Waals surface area contributed by atoms with Gasteiger partial charge in [0.15, 0.2) is 0 Å². The number of carbonyl (C=O) groups excluding carboxylic acids is 1. The highest BCUT2D eigenvalue weighted by atomic mass is 16.5. The molecule has 0 bridgehead atoms. The molecule has 0 aliphatic carbocycles. The molecule has 0 saturated carbocycles. The Hall–Kier alpha value is -1.06. The Bertz CT molecular complexity index is 114. The van der Waals surface area contributed by atoms with Crippen LogP contribution < -0.4 is 0 Å². The Kier molecular flexibility index (Phi) is 2.61. The lowest BCUT2D eigenvalue weighted by molar-refractivity contribution is -0.417. The van der Waals surface area contributed by atoms with E-state index >= 15 is 0 Å². The summed E-state index contributed by atoms with van der Waals surface area (Å²) in [6.45, 7) is 0. The van der Waals surface area contributed by atoms with Gasteiger partial charge in [-0.25, -0.2) is 9.53 Å². The molecule has 0 aliphatic heterocycles. The molecule has 0 rings (SSSR count). The summed E-state index contributed by atoms with van der Waals surface area (Å²) in [6.07, 6.45) is 0.806. The van der Waals surface area contributed by atoms with Crippen LogP contribution in [0.3, 0.4) is 0 Å². The average molecular weight is 117 g/mol. The van der Waals surface area contributed by atoms with Gasteiger partial charge >= 0.3 is 5.97 Å². The van der Waals surface area contributed by atoms with Crippen LogP contribution >= 0.6 is 0 Å². The van der Waals surface area contributed by atoms with Gasteiger partial charge in [0.2, 0.25) is 0 Å².